The number of hydrogen-bond acceptors (Lipinski definition) is 2. The molecule has 5 aromatic rings. The van der Waals surface area contributed by atoms with Crippen molar-refractivity contribution in [2.45, 2.75) is 47.5 Å². The lowest BCUT2D eigenvalue weighted by Crippen LogP contribution is -2.21. The lowest BCUT2D eigenvalue weighted by atomic mass is 9.91. The molecule has 192 valence electrons. The molecule has 0 atom stereocenters. The van der Waals surface area contributed by atoms with Crippen molar-refractivity contribution in [3.63, 3.8) is 0 Å². The summed E-state index contributed by atoms with van der Waals surface area (Å²) in [5.74, 6) is 0. The SMILES string of the molecule is Cc1ccc2c(c1)Cc1cc(C)ccc1N2c1ccc(N2c3ccc(C)cc3Cc3cc(C)ccc32)c(C)c1. The maximum Gasteiger partial charge on any atom is 0.0497 e. The summed E-state index contributed by atoms with van der Waals surface area (Å²) in [5, 5.41) is 0. The third-order valence-corrected chi connectivity index (χ3v) is 8.34. The quantitative estimate of drug-likeness (QED) is 0.230. The summed E-state index contributed by atoms with van der Waals surface area (Å²) in [6, 6.07) is 34.5. The molecule has 0 spiro atoms. The average molecular weight is 507 g/mol. The van der Waals surface area contributed by atoms with Gasteiger partial charge < -0.3 is 9.80 Å². The van der Waals surface area contributed by atoms with Gasteiger partial charge in [-0.15, -0.1) is 0 Å². The van der Waals surface area contributed by atoms with Crippen molar-refractivity contribution in [2.75, 3.05) is 9.80 Å². The van der Waals surface area contributed by atoms with Gasteiger partial charge in [-0.2, -0.15) is 0 Å². The van der Waals surface area contributed by atoms with E-state index in [1.165, 1.54) is 84.2 Å². The van der Waals surface area contributed by atoms with Crippen molar-refractivity contribution < 1.29 is 0 Å². The smallest absolute Gasteiger partial charge is 0.0497 e. The molecule has 0 amide bonds. The second-order valence-electron chi connectivity index (χ2n) is 11.5. The summed E-state index contributed by atoms with van der Waals surface area (Å²) in [5.41, 5.74) is 19.6. The van der Waals surface area contributed by atoms with Crippen molar-refractivity contribution in [2.24, 2.45) is 0 Å². The highest BCUT2D eigenvalue weighted by Gasteiger charge is 2.28. The predicted molar refractivity (Wildman–Crippen MR) is 165 cm³/mol. The second-order valence-corrected chi connectivity index (χ2v) is 11.5. The van der Waals surface area contributed by atoms with Crippen LogP contribution in [0.4, 0.5) is 34.1 Å². The molecule has 0 bridgehead atoms. The molecule has 2 aliphatic rings. The molecule has 2 heterocycles. The van der Waals surface area contributed by atoms with Gasteiger partial charge in [-0.1, -0.05) is 70.8 Å². The lowest BCUT2D eigenvalue weighted by molar-refractivity contribution is 1.06. The fourth-order valence-electron chi connectivity index (χ4n) is 6.53. The normalized spacial score (nSPS) is 13.5. The van der Waals surface area contributed by atoms with E-state index < -0.39 is 0 Å². The van der Waals surface area contributed by atoms with E-state index in [1.54, 1.807) is 0 Å². The van der Waals surface area contributed by atoms with Crippen LogP contribution in [0.25, 0.3) is 0 Å². The lowest BCUT2D eigenvalue weighted by Gasteiger charge is -2.36. The highest BCUT2D eigenvalue weighted by atomic mass is 15.2. The highest BCUT2D eigenvalue weighted by molar-refractivity contribution is 5.88. The Balaban J connectivity index is 1.38. The Morgan fingerprint density at radius 2 is 0.744 bits per heavy atom. The molecule has 0 saturated heterocycles. The Labute approximate surface area is 232 Å². The topological polar surface area (TPSA) is 6.48 Å². The van der Waals surface area contributed by atoms with E-state index in [9.17, 15) is 0 Å². The first-order valence-corrected chi connectivity index (χ1v) is 13.9. The van der Waals surface area contributed by atoms with Crippen LogP contribution in [0.2, 0.25) is 0 Å². The molecule has 0 radical (unpaired) electrons. The van der Waals surface area contributed by atoms with E-state index in [2.05, 4.69) is 135 Å². The van der Waals surface area contributed by atoms with Crippen LogP contribution in [-0.2, 0) is 12.8 Å². The van der Waals surface area contributed by atoms with Crippen LogP contribution in [0.1, 0.15) is 50.1 Å². The number of aryl methyl sites for hydroxylation is 5. The van der Waals surface area contributed by atoms with E-state index in [4.69, 9.17) is 0 Å². The highest BCUT2D eigenvalue weighted by Crippen LogP contribution is 2.48. The molecule has 0 unspecified atom stereocenters. The van der Waals surface area contributed by atoms with E-state index in [-0.39, 0.29) is 0 Å². The molecule has 7 rings (SSSR count). The van der Waals surface area contributed by atoms with Gasteiger partial charge in [0.2, 0.25) is 0 Å². The van der Waals surface area contributed by atoms with Gasteiger partial charge in [0.25, 0.3) is 0 Å². The molecule has 0 aromatic heterocycles. The molecule has 5 aromatic carbocycles. The molecule has 2 aliphatic heterocycles. The van der Waals surface area contributed by atoms with Crippen molar-refractivity contribution in [3.05, 3.63) is 141 Å². The average Bonchev–Trinajstić information content (AvgIpc) is 2.90. The van der Waals surface area contributed by atoms with E-state index in [0.29, 0.717) is 0 Å². The molecule has 0 aliphatic carbocycles. The minimum absolute atomic E-state index is 0.974. The minimum Gasteiger partial charge on any atom is -0.310 e. The molecular weight excluding hydrogens is 472 g/mol. The maximum atomic E-state index is 2.47. The fourth-order valence-corrected chi connectivity index (χ4v) is 6.53. The van der Waals surface area contributed by atoms with Crippen molar-refractivity contribution in [1.29, 1.82) is 0 Å². The minimum atomic E-state index is 0.974. The number of benzene rings is 5. The van der Waals surface area contributed by atoms with Gasteiger partial charge in [0.1, 0.15) is 0 Å². The van der Waals surface area contributed by atoms with Crippen LogP contribution in [0, 0.1) is 34.6 Å². The molecule has 2 heteroatoms. The van der Waals surface area contributed by atoms with Crippen LogP contribution in [-0.4, -0.2) is 0 Å². The standard InChI is InChI=1S/C37H34N2/c1-23-6-11-34-28(16-23)21-29-17-24(2)7-12-35(29)38(34)32-10-15-33(27(5)20-32)39-36-13-8-25(3)18-30(36)22-31-19-26(4)9-14-37(31)39/h6-20H,21-22H2,1-5H3. The van der Waals surface area contributed by atoms with Crippen molar-refractivity contribution in [1.82, 2.24) is 0 Å². The van der Waals surface area contributed by atoms with Crippen LogP contribution in [0.5, 0.6) is 0 Å². The maximum absolute atomic E-state index is 2.47. The zero-order valence-corrected chi connectivity index (χ0v) is 23.5. The van der Waals surface area contributed by atoms with Crippen molar-refractivity contribution in [3.8, 4) is 0 Å². The van der Waals surface area contributed by atoms with Crippen LogP contribution < -0.4 is 9.80 Å². The molecule has 0 N–H and O–H groups in total. The van der Waals surface area contributed by atoms with E-state index in [1.807, 2.05) is 0 Å². The van der Waals surface area contributed by atoms with Crippen molar-refractivity contribution >= 4 is 34.1 Å². The Bertz CT molecular complexity index is 1670. The first-order valence-electron chi connectivity index (χ1n) is 13.9. The summed E-state index contributed by atoms with van der Waals surface area (Å²) in [4.78, 5) is 4.92. The number of hydrogen-bond donors (Lipinski definition) is 0. The third-order valence-electron chi connectivity index (χ3n) is 8.34. The summed E-state index contributed by atoms with van der Waals surface area (Å²) in [7, 11) is 0. The molecule has 2 nitrogen and oxygen atoms in total. The first kappa shape index (κ1) is 23.8. The summed E-state index contributed by atoms with van der Waals surface area (Å²) >= 11 is 0. The number of nitrogens with zero attached hydrogens (tertiary/aromatic N) is 2. The predicted octanol–water partition coefficient (Wildman–Crippen LogP) is 9.98. The molecule has 39 heavy (non-hydrogen) atoms. The second kappa shape index (κ2) is 8.88. The zero-order valence-electron chi connectivity index (χ0n) is 23.5. The van der Waals surface area contributed by atoms with E-state index in [0.717, 1.165) is 12.8 Å². The number of fused-ring (bicyclic) bond motifs is 4. The first-order chi connectivity index (χ1) is 18.9. The van der Waals surface area contributed by atoms with Gasteiger partial charge in [-0.05, 0) is 105 Å². The molecule has 0 saturated carbocycles. The van der Waals surface area contributed by atoms with Crippen LogP contribution >= 0.6 is 0 Å². The van der Waals surface area contributed by atoms with Gasteiger partial charge >= 0.3 is 0 Å². The van der Waals surface area contributed by atoms with Gasteiger partial charge in [0.05, 0.1) is 0 Å². The number of rotatable bonds is 2. The molecule has 0 fully saturated rings. The monoisotopic (exact) mass is 506 g/mol. The van der Waals surface area contributed by atoms with Gasteiger partial charge in [0.15, 0.2) is 0 Å². The summed E-state index contributed by atoms with van der Waals surface area (Å²) < 4.78 is 0. The zero-order chi connectivity index (χ0) is 26.8. The van der Waals surface area contributed by atoms with Crippen LogP contribution in [0.15, 0.2) is 91.0 Å². The Morgan fingerprint density at radius 1 is 0.385 bits per heavy atom. The van der Waals surface area contributed by atoms with Gasteiger partial charge in [-0.3, -0.25) is 0 Å². The third kappa shape index (κ3) is 3.94. The Hall–Kier alpha value is -4.30. The summed E-state index contributed by atoms with van der Waals surface area (Å²) in [6.45, 7) is 11.0. The summed E-state index contributed by atoms with van der Waals surface area (Å²) in [6.07, 6.45) is 1.95. The Kier molecular flexibility index (Phi) is 5.42. The Morgan fingerprint density at radius 3 is 1.13 bits per heavy atom. The van der Waals surface area contributed by atoms with Gasteiger partial charge in [-0.25, -0.2) is 0 Å². The fraction of sp³-hybridized carbons (Fsp3) is 0.189. The van der Waals surface area contributed by atoms with E-state index >= 15 is 0 Å². The largest absolute Gasteiger partial charge is 0.310 e. The van der Waals surface area contributed by atoms with Gasteiger partial charge in [0, 0.05) is 47.0 Å². The van der Waals surface area contributed by atoms with Crippen LogP contribution in [0.3, 0.4) is 0 Å². The number of anilines is 6. The molecular formula is C37H34N2.